The van der Waals surface area contributed by atoms with Crippen LogP contribution in [0.5, 0.6) is 0 Å². The van der Waals surface area contributed by atoms with Crippen LogP contribution < -0.4 is 5.32 Å². The molecule has 1 aromatic carbocycles. The molecule has 1 aliphatic rings. The molecule has 1 saturated heterocycles. The third kappa shape index (κ3) is 3.88. The summed E-state index contributed by atoms with van der Waals surface area (Å²) in [5.41, 5.74) is 1.50. The van der Waals surface area contributed by atoms with Gasteiger partial charge in [-0.2, -0.15) is 10.2 Å². The van der Waals surface area contributed by atoms with Crippen LogP contribution in [0.2, 0.25) is 0 Å². The predicted octanol–water partition coefficient (Wildman–Crippen LogP) is 4.45. The molecule has 0 aliphatic carbocycles. The molecule has 1 N–H and O–H groups in total. The van der Waals surface area contributed by atoms with Gasteiger partial charge in [0.1, 0.15) is 6.07 Å². The minimum atomic E-state index is 0.218. The summed E-state index contributed by atoms with van der Waals surface area (Å²) in [7, 11) is 0. The number of hydrogen-bond acceptors (Lipinski definition) is 6. The zero-order valence-electron chi connectivity index (χ0n) is 15.1. The molecule has 138 valence electrons. The van der Waals surface area contributed by atoms with Crippen LogP contribution in [0.1, 0.15) is 36.6 Å². The molecule has 2 aromatic heterocycles. The van der Waals surface area contributed by atoms with E-state index in [4.69, 9.17) is 8.83 Å². The topological polar surface area (TPSA) is 78.2 Å². The van der Waals surface area contributed by atoms with Crippen molar-refractivity contribution in [1.82, 2.24) is 9.88 Å². The third-order valence-corrected chi connectivity index (χ3v) is 4.94. The summed E-state index contributed by atoms with van der Waals surface area (Å²) in [6, 6.07) is 16.3. The Kier molecular flexibility index (Phi) is 5.22. The van der Waals surface area contributed by atoms with Gasteiger partial charge in [-0.1, -0.05) is 36.8 Å². The van der Waals surface area contributed by atoms with Gasteiger partial charge < -0.3 is 14.2 Å². The summed E-state index contributed by atoms with van der Waals surface area (Å²) in [6.07, 6.45) is 5.29. The Hall–Kier alpha value is -3.04. The maximum absolute atomic E-state index is 9.41. The minimum Gasteiger partial charge on any atom is -0.459 e. The van der Waals surface area contributed by atoms with E-state index in [0.29, 0.717) is 24.1 Å². The number of furan rings is 1. The molecule has 27 heavy (non-hydrogen) atoms. The Bertz CT molecular complexity index is 890. The first-order valence-electron chi connectivity index (χ1n) is 9.33. The predicted molar refractivity (Wildman–Crippen MR) is 102 cm³/mol. The molecule has 1 fully saturated rings. The van der Waals surface area contributed by atoms with Gasteiger partial charge in [0.15, 0.2) is 5.76 Å². The van der Waals surface area contributed by atoms with E-state index in [1.54, 1.807) is 18.4 Å². The van der Waals surface area contributed by atoms with Gasteiger partial charge >= 0.3 is 0 Å². The number of nitrogens with zero attached hydrogens (tertiary/aromatic N) is 3. The fourth-order valence-corrected chi connectivity index (χ4v) is 3.57. The lowest BCUT2D eigenvalue weighted by Gasteiger charge is -2.35. The Morgan fingerprint density at radius 1 is 1.11 bits per heavy atom. The summed E-state index contributed by atoms with van der Waals surface area (Å²) in [5.74, 6) is 1.21. The quantitative estimate of drug-likeness (QED) is 0.698. The summed E-state index contributed by atoms with van der Waals surface area (Å²) in [5, 5.41) is 12.7. The van der Waals surface area contributed by atoms with Crippen molar-refractivity contribution in [3.8, 4) is 17.7 Å². The monoisotopic (exact) mass is 362 g/mol. The van der Waals surface area contributed by atoms with Crippen molar-refractivity contribution in [1.29, 1.82) is 5.26 Å². The second-order valence-electron chi connectivity index (χ2n) is 6.69. The third-order valence-electron chi connectivity index (χ3n) is 4.94. The Labute approximate surface area is 158 Å². The number of nitriles is 1. The van der Waals surface area contributed by atoms with E-state index in [9.17, 15) is 5.26 Å². The molecular weight excluding hydrogens is 340 g/mol. The van der Waals surface area contributed by atoms with E-state index in [2.05, 4.69) is 45.5 Å². The molecule has 6 nitrogen and oxygen atoms in total. The average molecular weight is 362 g/mol. The highest BCUT2D eigenvalue weighted by molar-refractivity contribution is 5.54. The maximum atomic E-state index is 9.41. The van der Waals surface area contributed by atoms with E-state index in [1.807, 2.05) is 6.07 Å². The zero-order valence-corrected chi connectivity index (χ0v) is 15.1. The SMILES string of the molecule is N#Cc1nc(-c2ccco2)oc1NC[C@@H](c1ccccc1)N1CCCCC1. The van der Waals surface area contributed by atoms with E-state index in [-0.39, 0.29) is 11.7 Å². The van der Waals surface area contributed by atoms with Crippen LogP contribution in [0.3, 0.4) is 0 Å². The van der Waals surface area contributed by atoms with Gasteiger partial charge in [-0.25, -0.2) is 0 Å². The fraction of sp³-hybridized carbons (Fsp3) is 0.333. The number of rotatable bonds is 6. The van der Waals surface area contributed by atoms with Crippen LogP contribution in [0, 0.1) is 11.3 Å². The van der Waals surface area contributed by atoms with Gasteiger partial charge in [0.05, 0.1) is 12.3 Å². The van der Waals surface area contributed by atoms with Gasteiger partial charge in [-0.05, 0) is 43.6 Å². The molecule has 0 radical (unpaired) electrons. The van der Waals surface area contributed by atoms with Gasteiger partial charge in [0.25, 0.3) is 5.89 Å². The average Bonchev–Trinajstić information content (AvgIpc) is 3.39. The van der Waals surface area contributed by atoms with E-state index in [0.717, 1.165) is 13.1 Å². The molecule has 4 rings (SSSR count). The van der Waals surface area contributed by atoms with Crippen molar-refractivity contribution in [2.75, 3.05) is 25.0 Å². The van der Waals surface area contributed by atoms with Crippen LogP contribution in [-0.2, 0) is 0 Å². The first-order chi connectivity index (χ1) is 13.3. The normalized spacial score (nSPS) is 16.0. The lowest BCUT2D eigenvalue weighted by Crippen LogP contribution is -2.37. The van der Waals surface area contributed by atoms with Crippen LogP contribution in [0.25, 0.3) is 11.7 Å². The molecule has 3 aromatic rings. The lowest BCUT2D eigenvalue weighted by atomic mass is 10.0. The van der Waals surface area contributed by atoms with Crippen molar-refractivity contribution in [2.45, 2.75) is 25.3 Å². The van der Waals surface area contributed by atoms with Crippen LogP contribution >= 0.6 is 0 Å². The highest BCUT2D eigenvalue weighted by atomic mass is 16.4. The number of aromatic nitrogens is 1. The highest BCUT2D eigenvalue weighted by Crippen LogP contribution is 2.28. The van der Waals surface area contributed by atoms with Gasteiger partial charge in [0.2, 0.25) is 11.6 Å². The second-order valence-corrected chi connectivity index (χ2v) is 6.69. The van der Waals surface area contributed by atoms with Crippen molar-refractivity contribution >= 4 is 5.88 Å². The molecule has 0 unspecified atom stereocenters. The molecule has 1 aliphatic heterocycles. The van der Waals surface area contributed by atoms with Crippen molar-refractivity contribution in [3.05, 3.63) is 60.0 Å². The lowest BCUT2D eigenvalue weighted by molar-refractivity contribution is 0.170. The zero-order chi connectivity index (χ0) is 18.5. The summed E-state index contributed by atoms with van der Waals surface area (Å²) >= 11 is 0. The van der Waals surface area contributed by atoms with E-state index < -0.39 is 0 Å². The first kappa shape index (κ1) is 17.4. The van der Waals surface area contributed by atoms with E-state index in [1.165, 1.54) is 24.8 Å². The first-order valence-corrected chi connectivity index (χ1v) is 9.33. The number of hydrogen-bond donors (Lipinski definition) is 1. The molecule has 6 heteroatoms. The van der Waals surface area contributed by atoms with Crippen LogP contribution in [0.4, 0.5) is 5.88 Å². The molecule has 0 spiro atoms. The minimum absolute atomic E-state index is 0.218. The number of oxazole rings is 1. The standard InChI is InChI=1S/C21H22N4O2/c22-14-17-20(27-21(24-17)19-10-7-13-26-19)23-15-18(16-8-3-1-4-9-16)25-11-5-2-6-12-25/h1,3-4,7-10,13,18,23H,2,5-6,11-12,15H2/t18-/m0/s1. The van der Waals surface area contributed by atoms with Gasteiger partial charge in [0, 0.05) is 6.54 Å². The molecule has 0 saturated carbocycles. The number of nitrogens with one attached hydrogen (secondary N) is 1. The summed E-state index contributed by atoms with van der Waals surface area (Å²) in [6.45, 7) is 2.81. The van der Waals surface area contributed by atoms with Crippen LogP contribution in [-0.4, -0.2) is 29.5 Å². The van der Waals surface area contributed by atoms with Gasteiger partial charge in [-0.3, -0.25) is 4.90 Å². The van der Waals surface area contributed by atoms with Crippen molar-refractivity contribution < 1.29 is 8.83 Å². The van der Waals surface area contributed by atoms with Crippen LogP contribution in [0.15, 0.2) is 57.6 Å². The fourth-order valence-electron chi connectivity index (χ4n) is 3.57. The molecule has 0 amide bonds. The smallest absolute Gasteiger partial charge is 0.266 e. The number of anilines is 1. The second kappa shape index (κ2) is 8.11. The van der Waals surface area contributed by atoms with Crippen molar-refractivity contribution in [3.63, 3.8) is 0 Å². The molecule has 3 heterocycles. The highest BCUT2D eigenvalue weighted by Gasteiger charge is 2.24. The van der Waals surface area contributed by atoms with Gasteiger partial charge in [-0.15, -0.1) is 0 Å². The Morgan fingerprint density at radius 3 is 2.63 bits per heavy atom. The molecule has 1 atom stereocenters. The van der Waals surface area contributed by atoms with E-state index >= 15 is 0 Å². The number of piperidine rings is 1. The molecular formula is C21H22N4O2. The summed E-state index contributed by atoms with van der Waals surface area (Å²) in [4.78, 5) is 6.74. The maximum Gasteiger partial charge on any atom is 0.266 e. The number of benzene rings is 1. The molecule has 0 bridgehead atoms. The van der Waals surface area contributed by atoms with Crippen molar-refractivity contribution in [2.24, 2.45) is 0 Å². The Balaban J connectivity index is 1.55. The summed E-state index contributed by atoms with van der Waals surface area (Å²) < 4.78 is 11.1. The largest absolute Gasteiger partial charge is 0.459 e. The Morgan fingerprint density at radius 2 is 1.93 bits per heavy atom. The number of likely N-dealkylation sites (tertiary alicyclic amines) is 1.